The largest absolute Gasteiger partial charge is 0.420 e. The maximum atomic E-state index is 12.5. The number of nitrogens with zero attached hydrogens (tertiary/aromatic N) is 2. The van der Waals surface area contributed by atoms with Gasteiger partial charge in [-0.05, 0) is 43.3 Å². The van der Waals surface area contributed by atoms with E-state index in [0.29, 0.717) is 16.8 Å². The third-order valence-electron chi connectivity index (χ3n) is 3.69. The molecule has 0 saturated heterocycles. The summed E-state index contributed by atoms with van der Waals surface area (Å²) in [6.07, 6.45) is -4.49. The molecule has 3 rings (SSSR count). The van der Waals surface area contributed by atoms with Crippen molar-refractivity contribution in [3.05, 3.63) is 70.2 Å². The number of halogens is 3. The number of hydrogen-bond acceptors (Lipinski definition) is 5. The first-order valence-corrected chi connectivity index (χ1v) is 7.76. The van der Waals surface area contributed by atoms with E-state index in [0.717, 1.165) is 24.3 Å². The van der Waals surface area contributed by atoms with Gasteiger partial charge in [-0.3, -0.25) is 4.57 Å². The lowest BCUT2D eigenvalue weighted by Crippen LogP contribution is -2.19. The number of oxime groups is 1. The van der Waals surface area contributed by atoms with Gasteiger partial charge in [-0.25, -0.2) is 9.59 Å². The molecule has 3 aromatic rings. The minimum absolute atomic E-state index is 0.0239. The maximum Gasteiger partial charge on any atom is 0.420 e. The average Bonchev–Trinajstić information content (AvgIpc) is 2.94. The Bertz CT molecular complexity index is 1060. The molecule has 2 aromatic carbocycles. The predicted octanol–water partition coefficient (Wildman–Crippen LogP) is 3.85. The molecule has 0 bridgehead atoms. The number of oxazole rings is 1. The molecule has 0 saturated carbocycles. The Morgan fingerprint density at radius 3 is 2.48 bits per heavy atom. The van der Waals surface area contributed by atoms with Gasteiger partial charge in [-0.2, -0.15) is 13.2 Å². The van der Waals surface area contributed by atoms with E-state index in [4.69, 9.17) is 9.25 Å². The minimum Gasteiger partial charge on any atom is -0.408 e. The van der Waals surface area contributed by atoms with Crippen LogP contribution < -0.4 is 5.76 Å². The SMILES string of the molecule is CC(Cn1c(=O)oc2ccccc21)=NOC(=O)c1ccc(C(F)(F)F)cc1. The smallest absolute Gasteiger partial charge is 0.408 e. The lowest BCUT2D eigenvalue weighted by atomic mass is 10.1. The van der Waals surface area contributed by atoms with Crippen LogP contribution in [-0.4, -0.2) is 16.2 Å². The van der Waals surface area contributed by atoms with E-state index in [9.17, 15) is 22.8 Å². The Balaban J connectivity index is 1.71. The first-order valence-electron chi connectivity index (χ1n) is 7.76. The monoisotopic (exact) mass is 378 g/mol. The number of aromatic nitrogens is 1. The predicted molar refractivity (Wildman–Crippen MR) is 90.4 cm³/mol. The maximum absolute atomic E-state index is 12.5. The highest BCUT2D eigenvalue weighted by atomic mass is 19.4. The van der Waals surface area contributed by atoms with E-state index in [1.54, 1.807) is 24.3 Å². The highest BCUT2D eigenvalue weighted by Gasteiger charge is 2.30. The van der Waals surface area contributed by atoms with Gasteiger partial charge >= 0.3 is 17.9 Å². The van der Waals surface area contributed by atoms with Gasteiger partial charge in [0, 0.05) is 0 Å². The van der Waals surface area contributed by atoms with E-state index < -0.39 is 23.5 Å². The summed E-state index contributed by atoms with van der Waals surface area (Å²) in [6.45, 7) is 1.56. The zero-order valence-electron chi connectivity index (χ0n) is 14.0. The highest BCUT2D eigenvalue weighted by molar-refractivity contribution is 5.90. The standard InChI is InChI=1S/C18H13F3N2O4/c1-11(10-23-14-4-2-3-5-15(14)26-17(23)25)22-27-16(24)12-6-8-13(9-7-12)18(19,20)21/h2-9H,10H2,1H3. The topological polar surface area (TPSA) is 73.8 Å². The van der Waals surface area contributed by atoms with Crippen LogP contribution >= 0.6 is 0 Å². The van der Waals surface area contributed by atoms with Crippen LogP contribution in [0.25, 0.3) is 11.1 Å². The van der Waals surface area contributed by atoms with Crippen LogP contribution in [0.5, 0.6) is 0 Å². The molecule has 0 N–H and O–H groups in total. The third-order valence-corrected chi connectivity index (χ3v) is 3.69. The summed E-state index contributed by atoms with van der Waals surface area (Å²) >= 11 is 0. The van der Waals surface area contributed by atoms with Crippen molar-refractivity contribution in [1.29, 1.82) is 0 Å². The van der Waals surface area contributed by atoms with Crippen molar-refractivity contribution in [3.63, 3.8) is 0 Å². The molecule has 0 aliphatic carbocycles. The molecule has 0 unspecified atom stereocenters. The molecule has 0 fully saturated rings. The number of carbonyl (C=O) groups is 1. The van der Waals surface area contributed by atoms with Crippen LogP contribution in [0, 0.1) is 0 Å². The molecule has 0 aliphatic rings. The fraction of sp³-hybridized carbons (Fsp3) is 0.167. The van der Waals surface area contributed by atoms with Crippen LogP contribution in [0.2, 0.25) is 0 Å². The zero-order chi connectivity index (χ0) is 19.6. The molecule has 0 radical (unpaired) electrons. The van der Waals surface area contributed by atoms with Gasteiger partial charge in [0.2, 0.25) is 0 Å². The molecule has 6 nitrogen and oxygen atoms in total. The second kappa shape index (κ2) is 7.10. The van der Waals surface area contributed by atoms with Gasteiger partial charge < -0.3 is 9.25 Å². The van der Waals surface area contributed by atoms with Gasteiger partial charge in [0.25, 0.3) is 0 Å². The van der Waals surface area contributed by atoms with Gasteiger partial charge in [-0.15, -0.1) is 0 Å². The van der Waals surface area contributed by atoms with Crippen molar-refractivity contribution < 1.29 is 27.2 Å². The van der Waals surface area contributed by atoms with E-state index in [-0.39, 0.29) is 12.1 Å². The lowest BCUT2D eigenvalue weighted by molar-refractivity contribution is -0.137. The fourth-order valence-electron chi connectivity index (χ4n) is 2.39. The van der Waals surface area contributed by atoms with E-state index in [1.165, 1.54) is 11.5 Å². The van der Waals surface area contributed by atoms with E-state index >= 15 is 0 Å². The molecule has 1 aromatic heterocycles. The molecule has 0 spiro atoms. The number of rotatable bonds is 4. The molecule has 0 amide bonds. The summed E-state index contributed by atoms with van der Waals surface area (Å²) in [4.78, 5) is 28.5. The number of carbonyl (C=O) groups excluding carboxylic acids is 1. The Morgan fingerprint density at radius 1 is 1.15 bits per heavy atom. The lowest BCUT2D eigenvalue weighted by Gasteiger charge is -2.06. The van der Waals surface area contributed by atoms with Gasteiger partial charge in [0.15, 0.2) is 5.58 Å². The molecule has 140 valence electrons. The van der Waals surface area contributed by atoms with Crippen LogP contribution in [0.4, 0.5) is 13.2 Å². The number of para-hydroxylation sites is 2. The van der Waals surface area contributed by atoms with Crippen LogP contribution in [0.1, 0.15) is 22.8 Å². The Labute approximate surface area is 150 Å². The van der Waals surface area contributed by atoms with Crippen molar-refractivity contribution in [2.45, 2.75) is 19.6 Å². The summed E-state index contributed by atoms with van der Waals surface area (Å²) in [5.41, 5.74) is 0.322. The van der Waals surface area contributed by atoms with Crippen molar-refractivity contribution >= 4 is 22.8 Å². The van der Waals surface area contributed by atoms with Crippen molar-refractivity contribution in [1.82, 2.24) is 4.57 Å². The van der Waals surface area contributed by atoms with Gasteiger partial charge in [-0.1, -0.05) is 17.3 Å². The molecule has 0 aliphatic heterocycles. The van der Waals surface area contributed by atoms with Crippen LogP contribution in [-0.2, 0) is 17.6 Å². The number of benzene rings is 2. The van der Waals surface area contributed by atoms with Crippen molar-refractivity contribution in [2.24, 2.45) is 5.16 Å². The normalized spacial score (nSPS) is 12.4. The fourth-order valence-corrected chi connectivity index (χ4v) is 2.39. The van der Waals surface area contributed by atoms with Gasteiger partial charge in [0.1, 0.15) is 0 Å². The van der Waals surface area contributed by atoms with Crippen molar-refractivity contribution in [3.8, 4) is 0 Å². The summed E-state index contributed by atoms with van der Waals surface area (Å²) in [5, 5.41) is 3.64. The summed E-state index contributed by atoms with van der Waals surface area (Å²) in [6, 6.07) is 10.4. The summed E-state index contributed by atoms with van der Waals surface area (Å²) in [5.74, 6) is -1.49. The quantitative estimate of drug-likeness (QED) is 0.393. The summed E-state index contributed by atoms with van der Waals surface area (Å²) < 4.78 is 44.0. The number of hydrogen-bond donors (Lipinski definition) is 0. The minimum atomic E-state index is -4.49. The summed E-state index contributed by atoms with van der Waals surface area (Å²) in [7, 11) is 0. The zero-order valence-corrected chi connectivity index (χ0v) is 14.0. The second-order valence-corrected chi connectivity index (χ2v) is 5.70. The molecule has 0 atom stereocenters. The first kappa shape index (κ1) is 18.4. The Hall–Kier alpha value is -3.36. The van der Waals surface area contributed by atoms with Crippen LogP contribution in [0.3, 0.4) is 0 Å². The molecular weight excluding hydrogens is 365 g/mol. The Morgan fingerprint density at radius 2 is 1.81 bits per heavy atom. The number of alkyl halides is 3. The second-order valence-electron chi connectivity index (χ2n) is 5.70. The average molecular weight is 378 g/mol. The van der Waals surface area contributed by atoms with E-state index in [2.05, 4.69) is 5.16 Å². The van der Waals surface area contributed by atoms with Gasteiger partial charge in [0.05, 0.1) is 28.9 Å². The third kappa shape index (κ3) is 4.08. The number of fused-ring (bicyclic) bond motifs is 1. The Kier molecular flexibility index (Phi) is 4.85. The molecule has 1 heterocycles. The van der Waals surface area contributed by atoms with Crippen LogP contribution in [0.15, 0.2) is 62.9 Å². The first-order chi connectivity index (χ1) is 12.8. The highest BCUT2D eigenvalue weighted by Crippen LogP contribution is 2.29. The van der Waals surface area contributed by atoms with Crippen molar-refractivity contribution in [2.75, 3.05) is 0 Å². The molecule has 9 heteroatoms. The molecular formula is C18H13F3N2O4. The van der Waals surface area contributed by atoms with E-state index in [1.807, 2.05) is 0 Å². The molecule has 27 heavy (non-hydrogen) atoms.